The van der Waals surface area contributed by atoms with E-state index in [0.29, 0.717) is 5.76 Å². The first-order valence-corrected chi connectivity index (χ1v) is 4.81. The quantitative estimate of drug-likeness (QED) is 0.600. The Morgan fingerprint density at radius 1 is 1.12 bits per heavy atom. The smallest absolute Gasteiger partial charge is 0.194 e. The van der Waals surface area contributed by atoms with E-state index in [1.54, 1.807) is 0 Å². The molecule has 0 aliphatic heterocycles. The number of aromatic nitrogens is 1. The maximum absolute atomic E-state index is 12.9. The van der Waals surface area contributed by atoms with Gasteiger partial charge in [0, 0.05) is 11.6 Å². The van der Waals surface area contributed by atoms with Gasteiger partial charge in [0.15, 0.2) is 23.2 Å². The molecule has 2 rings (SSSR count). The van der Waals surface area contributed by atoms with Crippen molar-refractivity contribution in [3.63, 3.8) is 0 Å². The number of benzene rings is 1. The minimum atomic E-state index is -1.51. The lowest BCUT2D eigenvalue weighted by Gasteiger charge is -1.98. The third-order valence-corrected chi connectivity index (χ3v) is 2.23. The summed E-state index contributed by atoms with van der Waals surface area (Å²) < 4.78 is 43.3. The van der Waals surface area contributed by atoms with Crippen LogP contribution < -0.4 is 0 Å². The van der Waals surface area contributed by atoms with Crippen LogP contribution in [0.4, 0.5) is 13.2 Å². The van der Waals surface area contributed by atoms with E-state index in [-0.39, 0.29) is 17.1 Å². The molecule has 16 heavy (non-hydrogen) atoms. The number of hydrogen-bond acceptors (Lipinski definition) is 2. The average Bonchev–Trinajstić information content (AvgIpc) is 2.73. The number of rotatable bonds is 2. The van der Waals surface area contributed by atoms with Gasteiger partial charge in [-0.1, -0.05) is 5.16 Å². The van der Waals surface area contributed by atoms with Crippen LogP contribution in [0.1, 0.15) is 5.76 Å². The fourth-order valence-corrected chi connectivity index (χ4v) is 1.34. The summed E-state index contributed by atoms with van der Waals surface area (Å²) in [5, 5.41) is 3.55. The van der Waals surface area contributed by atoms with Crippen LogP contribution >= 0.6 is 11.6 Å². The van der Waals surface area contributed by atoms with Crippen molar-refractivity contribution in [2.45, 2.75) is 5.88 Å². The molecule has 84 valence electrons. The Bertz CT molecular complexity index is 504. The molecule has 0 aliphatic rings. The molecule has 6 heteroatoms. The van der Waals surface area contributed by atoms with Crippen LogP contribution in [0.3, 0.4) is 0 Å². The van der Waals surface area contributed by atoms with Crippen molar-refractivity contribution in [2.24, 2.45) is 0 Å². The molecule has 1 heterocycles. The molecule has 0 unspecified atom stereocenters. The number of halogens is 4. The lowest BCUT2D eigenvalue weighted by atomic mass is 10.1. The van der Waals surface area contributed by atoms with Gasteiger partial charge in [0.25, 0.3) is 0 Å². The maximum Gasteiger partial charge on any atom is 0.194 e. The Labute approximate surface area is 93.6 Å². The van der Waals surface area contributed by atoms with E-state index in [9.17, 15) is 13.2 Å². The minimum absolute atomic E-state index is 0.0940. The highest BCUT2D eigenvalue weighted by atomic mass is 35.5. The summed E-state index contributed by atoms with van der Waals surface area (Å²) in [4.78, 5) is 0. The fourth-order valence-electron chi connectivity index (χ4n) is 1.22. The summed E-state index contributed by atoms with van der Waals surface area (Å²) in [6.07, 6.45) is 0. The Balaban J connectivity index is 2.48. The average molecular weight is 248 g/mol. The Morgan fingerprint density at radius 3 is 2.25 bits per heavy atom. The third kappa shape index (κ3) is 1.90. The van der Waals surface area contributed by atoms with Crippen LogP contribution in [0, 0.1) is 17.5 Å². The van der Waals surface area contributed by atoms with Gasteiger partial charge < -0.3 is 4.52 Å². The summed E-state index contributed by atoms with van der Waals surface area (Å²) in [6.45, 7) is 0. The molecule has 0 saturated carbocycles. The van der Waals surface area contributed by atoms with Crippen LogP contribution in [-0.4, -0.2) is 5.16 Å². The molecule has 0 amide bonds. The standard InChI is InChI=1S/C10H5ClF3NO/c11-4-6-3-9(15-16-6)5-1-7(12)10(14)8(13)2-5/h1-3H,4H2. The Morgan fingerprint density at radius 2 is 1.75 bits per heavy atom. The molecule has 0 spiro atoms. The van der Waals surface area contributed by atoms with Gasteiger partial charge in [-0.05, 0) is 12.1 Å². The Hall–Kier alpha value is -1.49. The summed E-state index contributed by atoms with van der Waals surface area (Å²) in [7, 11) is 0. The second-order valence-electron chi connectivity index (χ2n) is 3.07. The number of hydrogen-bond donors (Lipinski definition) is 0. The normalized spacial score (nSPS) is 10.8. The maximum atomic E-state index is 12.9. The van der Waals surface area contributed by atoms with Crippen LogP contribution in [0.2, 0.25) is 0 Å². The second kappa shape index (κ2) is 4.17. The fraction of sp³-hybridized carbons (Fsp3) is 0.100. The lowest BCUT2D eigenvalue weighted by molar-refractivity contribution is 0.396. The largest absolute Gasteiger partial charge is 0.359 e. The second-order valence-corrected chi connectivity index (χ2v) is 3.33. The van der Waals surface area contributed by atoms with Gasteiger partial charge >= 0.3 is 0 Å². The van der Waals surface area contributed by atoms with Crippen molar-refractivity contribution < 1.29 is 17.7 Å². The molecule has 2 nitrogen and oxygen atoms in total. The van der Waals surface area contributed by atoms with Crippen LogP contribution in [-0.2, 0) is 5.88 Å². The third-order valence-electron chi connectivity index (χ3n) is 1.97. The highest BCUT2D eigenvalue weighted by Gasteiger charge is 2.14. The summed E-state index contributed by atoms with van der Waals surface area (Å²) in [6, 6.07) is 3.11. The summed E-state index contributed by atoms with van der Waals surface area (Å²) in [5.74, 6) is -3.60. The molecule has 2 aromatic rings. The monoisotopic (exact) mass is 247 g/mol. The lowest BCUT2D eigenvalue weighted by Crippen LogP contribution is -1.91. The zero-order chi connectivity index (χ0) is 11.7. The first-order valence-electron chi connectivity index (χ1n) is 4.28. The summed E-state index contributed by atoms with van der Waals surface area (Å²) in [5.41, 5.74) is 0.296. The van der Waals surface area contributed by atoms with E-state index in [4.69, 9.17) is 16.1 Å². The highest BCUT2D eigenvalue weighted by Crippen LogP contribution is 2.23. The van der Waals surface area contributed by atoms with Gasteiger partial charge in [0.1, 0.15) is 5.69 Å². The van der Waals surface area contributed by atoms with Crippen molar-refractivity contribution in [3.8, 4) is 11.3 Å². The van der Waals surface area contributed by atoms with Gasteiger partial charge in [-0.2, -0.15) is 0 Å². The minimum Gasteiger partial charge on any atom is -0.359 e. The zero-order valence-corrected chi connectivity index (χ0v) is 8.56. The van der Waals surface area contributed by atoms with E-state index in [1.165, 1.54) is 6.07 Å². The van der Waals surface area contributed by atoms with E-state index in [0.717, 1.165) is 12.1 Å². The van der Waals surface area contributed by atoms with Gasteiger partial charge in [-0.25, -0.2) is 13.2 Å². The topological polar surface area (TPSA) is 26.0 Å². The van der Waals surface area contributed by atoms with Gasteiger partial charge in [0.2, 0.25) is 0 Å². The van der Waals surface area contributed by atoms with Crippen molar-refractivity contribution >= 4 is 11.6 Å². The van der Waals surface area contributed by atoms with Crippen LogP contribution in [0.25, 0.3) is 11.3 Å². The molecule has 0 atom stereocenters. The SMILES string of the molecule is Fc1cc(-c2cc(CCl)on2)cc(F)c1F. The first kappa shape index (κ1) is 11.0. The molecular formula is C10H5ClF3NO. The van der Waals surface area contributed by atoms with Gasteiger partial charge in [0.05, 0.1) is 5.88 Å². The zero-order valence-electron chi connectivity index (χ0n) is 7.81. The predicted octanol–water partition coefficient (Wildman–Crippen LogP) is 3.50. The predicted molar refractivity (Wildman–Crippen MR) is 51.4 cm³/mol. The van der Waals surface area contributed by atoms with Crippen molar-refractivity contribution in [3.05, 3.63) is 41.4 Å². The molecule has 0 radical (unpaired) electrons. The Kier molecular flexibility index (Phi) is 2.87. The molecule has 0 aliphatic carbocycles. The molecule has 1 aromatic heterocycles. The van der Waals surface area contributed by atoms with Crippen LogP contribution in [0.15, 0.2) is 22.7 Å². The van der Waals surface area contributed by atoms with Gasteiger partial charge in [-0.15, -0.1) is 11.6 Å². The number of alkyl halides is 1. The number of nitrogens with zero attached hydrogens (tertiary/aromatic N) is 1. The first-order chi connectivity index (χ1) is 7.61. The molecule has 1 aromatic carbocycles. The van der Waals surface area contributed by atoms with Crippen molar-refractivity contribution in [1.29, 1.82) is 0 Å². The van der Waals surface area contributed by atoms with Crippen molar-refractivity contribution in [2.75, 3.05) is 0 Å². The van der Waals surface area contributed by atoms with Crippen LogP contribution in [0.5, 0.6) is 0 Å². The molecule has 0 fully saturated rings. The van der Waals surface area contributed by atoms with E-state index in [2.05, 4.69) is 5.16 Å². The molecule has 0 bridgehead atoms. The molecule has 0 N–H and O–H groups in total. The molecular weight excluding hydrogens is 243 g/mol. The van der Waals surface area contributed by atoms with Gasteiger partial charge in [-0.3, -0.25) is 0 Å². The highest BCUT2D eigenvalue weighted by molar-refractivity contribution is 6.16. The van der Waals surface area contributed by atoms with E-state index < -0.39 is 17.5 Å². The van der Waals surface area contributed by atoms with E-state index in [1.807, 2.05) is 0 Å². The molecule has 0 saturated heterocycles. The van der Waals surface area contributed by atoms with Crippen molar-refractivity contribution in [1.82, 2.24) is 5.16 Å². The summed E-state index contributed by atoms with van der Waals surface area (Å²) >= 11 is 5.47. The van der Waals surface area contributed by atoms with E-state index >= 15 is 0 Å².